The van der Waals surface area contributed by atoms with Crippen LogP contribution in [-0.4, -0.2) is 11.4 Å². The fraction of sp³-hybridized carbons (Fsp3) is 0.160. The number of nitrogens with one attached hydrogen (secondary N) is 2. The SMILES string of the molecule is CCc1ccc(N[C@@H]2NC(=O)/C(=C/c3cc(I)c(OCc4ccc(F)cc4)c(I)c3)S2)cc1. The zero-order chi connectivity index (χ0) is 23.4. The summed E-state index contributed by atoms with van der Waals surface area (Å²) >= 11 is 5.94. The Morgan fingerprint density at radius 3 is 2.33 bits per heavy atom. The number of hydrogen-bond donors (Lipinski definition) is 2. The Morgan fingerprint density at radius 2 is 1.70 bits per heavy atom. The predicted molar refractivity (Wildman–Crippen MR) is 150 cm³/mol. The van der Waals surface area contributed by atoms with E-state index in [-0.39, 0.29) is 17.2 Å². The Balaban J connectivity index is 1.43. The van der Waals surface area contributed by atoms with Crippen LogP contribution in [0.25, 0.3) is 6.08 Å². The van der Waals surface area contributed by atoms with E-state index < -0.39 is 0 Å². The molecule has 1 saturated heterocycles. The normalized spacial score (nSPS) is 16.7. The molecule has 3 aromatic carbocycles. The number of carbonyl (C=O) groups is 1. The monoisotopic (exact) mass is 686 g/mol. The Bertz CT molecular complexity index is 1160. The minimum Gasteiger partial charge on any atom is -0.487 e. The number of carbonyl (C=O) groups excluding carboxylic acids is 1. The molecule has 1 atom stereocenters. The van der Waals surface area contributed by atoms with Crippen LogP contribution >= 0.6 is 56.9 Å². The Hall–Kier alpha value is -1.79. The fourth-order valence-electron chi connectivity index (χ4n) is 3.24. The fourth-order valence-corrected chi connectivity index (χ4v) is 6.35. The van der Waals surface area contributed by atoms with Crippen LogP contribution in [0.3, 0.4) is 0 Å². The van der Waals surface area contributed by atoms with Crippen LogP contribution in [-0.2, 0) is 17.8 Å². The molecular formula is C25H21FI2N2O2S. The maximum absolute atomic E-state index is 13.1. The molecule has 170 valence electrons. The predicted octanol–water partition coefficient (Wildman–Crippen LogP) is 6.78. The van der Waals surface area contributed by atoms with Gasteiger partial charge in [-0.3, -0.25) is 4.79 Å². The van der Waals surface area contributed by atoms with Crippen molar-refractivity contribution in [3.05, 3.63) is 95.2 Å². The standard InChI is InChI=1S/C25H21FI2N2O2S/c1-2-15-5-9-19(10-6-15)29-25-30-24(31)22(33-25)13-17-11-20(27)23(21(28)12-17)32-14-16-3-7-18(26)8-4-16/h3-13,25,29H,2,14H2,1H3,(H,30,31)/b22-13-/t25-/m1/s1. The maximum atomic E-state index is 13.1. The summed E-state index contributed by atoms with van der Waals surface area (Å²) in [7, 11) is 0. The van der Waals surface area contributed by atoms with Gasteiger partial charge in [0.1, 0.15) is 18.2 Å². The maximum Gasteiger partial charge on any atom is 0.260 e. The average molecular weight is 686 g/mol. The first-order chi connectivity index (χ1) is 15.9. The van der Waals surface area contributed by atoms with Crippen LogP contribution < -0.4 is 15.4 Å². The van der Waals surface area contributed by atoms with Crippen molar-refractivity contribution >= 4 is 74.6 Å². The van der Waals surface area contributed by atoms with Crippen molar-refractivity contribution in [3.8, 4) is 5.75 Å². The molecule has 4 rings (SSSR count). The summed E-state index contributed by atoms with van der Waals surface area (Å²) in [5.74, 6) is 0.423. The number of benzene rings is 3. The first kappa shape index (κ1) is 24.3. The largest absolute Gasteiger partial charge is 0.487 e. The van der Waals surface area contributed by atoms with Gasteiger partial charge in [-0.15, -0.1) is 0 Å². The van der Waals surface area contributed by atoms with E-state index in [4.69, 9.17) is 4.74 Å². The van der Waals surface area contributed by atoms with E-state index in [1.807, 2.05) is 30.3 Å². The van der Waals surface area contributed by atoms with E-state index in [9.17, 15) is 9.18 Å². The quantitative estimate of drug-likeness (QED) is 0.213. The van der Waals surface area contributed by atoms with E-state index in [2.05, 4.69) is 74.9 Å². The molecule has 1 fully saturated rings. The highest BCUT2D eigenvalue weighted by molar-refractivity contribution is 14.1. The number of hydrogen-bond acceptors (Lipinski definition) is 4. The number of anilines is 1. The smallest absolute Gasteiger partial charge is 0.260 e. The molecule has 0 aliphatic carbocycles. The highest BCUT2D eigenvalue weighted by Crippen LogP contribution is 2.34. The highest BCUT2D eigenvalue weighted by atomic mass is 127. The molecule has 8 heteroatoms. The summed E-state index contributed by atoms with van der Waals surface area (Å²) in [5.41, 5.74) is 3.86. The van der Waals surface area contributed by atoms with E-state index in [0.717, 1.165) is 36.1 Å². The number of halogens is 3. The zero-order valence-electron chi connectivity index (χ0n) is 17.7. The molecular weight excluding hydrogens is 665 g/mol. The molecule has 0 spiro atoms. The van der Waals surface area contributed by atoms with E-state index >= 15 is 0 Å². The molecule has 2 N–H and O–H groups in total. The number of aryl methyl sites for hydroxylation is 1. The van der Waals surface area contributed by atoms with Gasteiger partial charge in [0, 0.05) is 5.69 Å². The molecule has 33 heavy (non-hydrogen) atoms. The molecule has 1 aliphatic rings. The van der Waals surface area contributed by atoms with Crippen LogP contribution in [0.1, 0.15) is 23.6 Å². The second-order valence-corrected chi connectivity index (χ2v) is 10.9. The first-order valence-corrected chi connectivity index (χ1v) is 13.4. The van der Waals surface area contributed by atoms with E-state index in [0.29, 0.717) is 11.5 Å². The number of thioether (sulfide) groups is 1. The van der Waals surface area contributed by atoms with Crippen molar-refractivity contribution in [2.75, 3.05) is 5.32 Å². The van der Waals surface area contributed by atoms with Gasteiger partial charge in [-0.2, -0.15) is 0 Å². The average Bonchev–Trinajstić information content (AvgIpc) is 3.13. The summed E-state index contributed by atoms with van der Waals surface area (Å²) in [6.07, 6.45) is 2.89. The molecule has 0 aromatic heterocycles. The van der Waals surface area contributed by atoms with Crippen molar-refractivity contribution in [2.45, 2.75) is 25.4 Å². The zero-order valence-corrected chi connectivity index (χ0v) is 22.8. The van der Waals surface area contributed by atoms with Gasteiger partial charge in [-0.25, -0.2) is 4.39 Å². The van der Waals surface area contributed by atoms with Crippen LogP contribution in [0.2, 0.25) is 0 Å². The van der Waals surface area contributed by atoms with Crippen molar-refractivity contribution in [2.24, 2.45) is 0 Å². The topological polar surface area (TPSA) is 50.4 Å². The lowest BCUT2D eigenvalue weighted by molar-refractivity contribution is -0.116. The Morgan fingerprint density at radius 1 is 1.06 bits per heavy atom. The van der Waals surface area contributed by atoms with Gasteiger partial charge < -0.3 is 15.4 Å². The van der Waals surface area contributed by atoms with Gasteiger partial charge >= 0.3 is 0 Å². The second kappa shape index (κ2) is 11.1. The molecule has 0 saturated carbocycles. The van der Waals surface area contributed by atoms with E-state index in [1.165, 1.54) is 29.5 Å². The first-order valence-electron chi connectivity index (χ1n) is 10.3. The van der Waals surface area contributed by atoms with Gasteiger partial charge in [0.05, 0.1) is 12.0 Å². The molecule has 1 amide bonds. The van der Waals surface area contributed by atoms with Gasteiger partial charge in [-0.1, -0.05) is 43.0 Å². The number of ether oxygens (including phenoxy) is 1. The lowest BCUT2D eigenvalue weighted by atomic mass is 10.1. The second-order valence-electron chi connectivity index (χ2n) is 7.40. The minimum absolute atomic E-state index is 0.0932. The van der Waals surface area contributed by atoms with Crippen molar-refractivity contribution in [1.29, 1.82) is 0 Å². The number of rotatable bonds is 7. The van der Waals surface area contributed by atoms with Gasteiger partial charge in [0.25, 0.3) is 5.91 Å². The van der Waals surface area contributed by atoms with E-state index in [1.54, 1.807) is 12.1 Å². The molecule has 3 aromatic rings. The van der Waals surface area contributed by atoms with Gasteiger partial charge in [0.2, 0.25) is 0 Å². The van der Waals surface area contributed by atoms with Crippen LogP contribution in [0.15, 0.2) is 65.6 Å². The molecule has 0 radical (unpaired) electrons. The van der Waals surface area contributed by atoms with Crippen LogP contribution in [0.4, 0.5) is 10.1 Å². The molecule has 4 nitrogen and oxygen atoms in total. The van der Waals surface area contributed by atoms with Gasteiger partial charge in [-0.05, 0) is 111 Å². The third-order valence-electron chi connectivity index (χ3n) is 5.01. The van der Waals surface area contributed by atoms with Crippen LogP contribution in [0.5, 0.6) is 5.75 Å². The van der Waals surface area contributed by atoms with Gasteiger partial charge in [0.15, 0.2) is 5.50 Å². The Labute approximate surface area is 224 Å². The minimum atomic E-state index is -0.263. The van der Waals surface area contributed by atoms with Crippen molar-refractivity contribution < 1.29 is 13.9 Å². The van der Waals surface area contributed by atoms with Crippen molar-refractivity contribution in [3.63, 3.8) is 0 Å². The summed E-state index contributed by atoms with van der Waals surface area (Å²) in [5, 5.41) is 6.32. The Kier molecular flexibility index (Phi) is 8.18. The highest BCUT2D eigenvalue weighted by Gasteiger charge is 2.27. The summed E-state index contributed by atoms with van der Waals surface area (Å²) < 4.78 is 21.0. The molecule has 0 unspecified atom stereocenters. The third-order valence-corrected chi connectivity index (χ3v) is 7.64. The van der Waals surface area contributed by atoms with Crippen LogP contribution in [0, 0.1) is 13.0 Å². The molecule has 1 heterocycles. The lowest BCUT2D eigenvalue weighted by Gasteiger charge is -2.13. The van der Waals surface area contributed by atoms with Crippen molar-refractivity contribution in [1.82, 2.24) is 5.32 Å². The third kappa shape index (κ3) is 6.42. The summed E-state index contributed by atoms with van der Waals surface area (Å²) in [4.78, 5) is 13.2. The summed E-state index contributed by atoms with van der Waals surface area (Å²) in [6, 6.07) is 18.5. The molecule has 1 aliphatic heterocycles. The molecule has 0 bridgehead atoms. The lowest BCUT2D eigenvalue weighted by Crippen LogP contribution is -2.30. The summed E-state index contributed by atoms with van der Waals surface area (Å²) in [6.45, 7) is 2.48. The number of amides is 1.